The number of rotatable bonds is 3. The molecule has 25 heavy (non-hydrogen) atoms. The van der Waals surface area contributed by atoms with Crippen LogP contribution >= 0.6 is 17.0 Å². The van der Waals surface area contributed by atoms with Crippen LogP contribution < -0.4 is 0 Å². The second-order valence-corrected chi connectivity index (χ2v) is 50.4. The van der Waals surface area contributed by atoms with E-state index in [-0.39, 0.29) is 7.25 Å². The van der Waals surface area contributed by atoms with Gasteiger partial charge in [0.05, 0.1) is 0 Å². The molecule has 0 saturated carbocycles. The van der Waals surface area contributed by atoms with Gasteiger partial charge in [0.1, 0.15) is 0 Å². The fourth-order valence-corrected chi connectivity index (χ4v) is 35.0. The minimum absolute atomic E-state index is 0.215. The molecule has 2 aromatic carbocycles. The van der Waals surface area contributed by atoms with Crippen molar-refractivity contribution < 1.29 is 15.6 Å². The molecule has 0 aliphatic heterocycles. The first kappa shape index (κ1) is 18.0. The number of hydrogen-bond acceptors (Lipinski definition) is 0. The van der Waals surface area contributed by atoms with Crippen LogP contribution in [-0.2, 0) is 15.6 Å². The quantitative estimate of drug-likeness (QED) is 0.433. The van der Waals surface area contributed by atoms with Gasteiger partial charge in [-0.2, -0.15) is 0 Å². The van der Waals surface area contributed by atoms with E-state index in [9.17, 15) is 0 Å². The van der Waals surface area contributed by atoms with Crippen LogP contribution in [-0.4, -0.2) is 5.92 Å². The molecule has 0 fully saturated rings. The van der Waals surface area contributed by atoms with Gasteiger partial charge in [-0.1, -0.05) is 0 Å². The number of fused-ring (bicyclic) bond motifs is 2. The summed E-state index contributed by atoms with van der Waals surface area (Å²) < 4.78 is 0.445. The summed E-state index contributed by atoms with van der Waals surface area (Å²) in [4.78, 5) is 0. The third-order valence-electron chi connectivity index (χ3n) is 6.19. The molecular formula is C21H23Cl2SiZr. The second-order valence-electron chi connectivity index (χ2n) is 7.80. The molecule has 2 aliphatic carbocycles. The molecular weight excluding hydrogens is 442 g/mol. The van der Waals surface area contributed by atoms with E-state index in [1.54, 1.807) is 0 Å². The van der Waals surface area contributed by atoms with E-state index < -0.39 is 21.5 Å². The first-order valence-corrected chi connectivity index (χ1v) is 25.3. The third kappa shape index (κ3) is 2.48. The normalized spacial score (nSPS) is 23.1. The van der Waals surface area contributed by atoms with E-state index in [4.69, 9.17) is 17.0 Å². The van der Waals surface area contributed by atoms with Crippen molar-refractivity contribution in [3.05, 3.63) is 82.4 Å². The molecule has 0 spiro atoms. The van der Waals surface area contributed by atoms with Gasteiger partial charge in [-0.25, -0.2) is 0 Å². The Morgan fingerprint density at radius 2 is 1.48 bits per heavy atom. The Bertz CT molecular complexity index is 914. The van der Waals surface area contributed by atoms with E-state index in [0.717, 1.165) is 0 Å². The second kappa shape index (κ2) is 6.06. The molecule has 2 unspecified atom stereocenters. The van der Waals surface area contributed by atoms with Crippen molar-refractivity contribution in [2.75, 3.05) is 0 Å². The van der Waals surface area contributed by atoms with Crippen LogP contribution in [0.5, 0.6) is 0 Å². The van der Waals surface area contributed by atoms with Gasteiger partial charge in [-0.05, 0) is 0 Å². The van der Waals surface area contributed by atoms with Gasteiger partial charge >= 0.3 is 160 Å². The predicted octanol–water partition coefficient (Wildman–Crippen LogP) is 6.89. The Kier molecular flexibility index (Phi) is 4.36. The van der Waals surface area contributed by atoms with Crippen molar-refractivity contribution in [1.29, 1.82) is 0 Å². The van der Waals surface area contributed by atoms with Gasteiger partial charge in [0.2, 0.25) is 0 Å². The first-order valence-electron chi connectivity index (χ1n) is 8.95. The molecule has 0 nitrogen and oxygen atoms in total. The Balaban J connectivity index is 1.95. The monoisotopic (exact) mass is 463 g/mol. The van der Waals surface area contributed by atoms with Crippen molar-refractivity contribution in [2.45, 2.75) is 27.3 Å². The molecule has 0 bridgehead atoms. The number of benzene rings is 2. The zero-order valence-corrected chi connectivity index (χ0v) is 20.0. The van der Waals surface area contributed by atoms with Crippen molar-refractivity contribution in [3.8, 4) is 0 Å². The van der Waals surface area contributed by atoms with Crippen molar-refractivity contribution >= 4 is 35.1 Å². The molecule has 0 amide bonds. The molecule has 2 aliphatic rings. The maximum absolute atomic E-state index is 7.84. The van der Waals surface area contributed by atoms with Gasteiger partial charge in [-0.15, -0.1) is 0 Å². The Labute approximate surface area is 159 Å². The summed E-state index contributed by atoms with van der Waals surface area (Å²) in [5.74, 6) is -1.33. The van der Waals surface area contributed by atoms with E-state index in [1.165, 1.54) is 27.8 Å². The minimum atomic E-state index is -4.23. The van der Waals surface area contributed by atoms with Gasteiger partial charge < -0.3 is 0 Å². The molecule has 0 aromatic heterocycles. The summed E-state index contributed by atoms with van der Waals surface area (Å²) in [7, 11) is 15.7. The summed E-state index contributed by atoms with van der Waals surface area (Å²) >= 11 is -4.23. The van der Waals surface area contributed by atoms with Gasteiger partial charge in [0, 0.05) is 0 Å². The van der Waals surface area contributed by atoms with Crippen LogP contribution in [0.4, 0.5) is 0 Å². The number of allylic oxidation sites excluding steroid dienone is 2. The van der Waals surface area contributed by atoms with Crippen LogP contribution in [0.3, 0.4) is 0 Å². The summed E-state index contributed by atoms with van der Waals surface area (Å²) in [5.41, 5.74) is 6.65. The first-order chi connectivity index (χ1) is 11.8. The molecule has 4 heteroatoms. The molecule has 0 N–H and O–H groups in total. The van der Waals surface area contributed by atoms with Crippen LogP contribution in [0.15, 0.2) is 60.2 Å². The average Bonchev–Trinajstić information content (AvgIpc) is 3.15. The Hall–Kier alpha value is -0.400. The predicted molar refractivity (Wildman–Crippen MR) is 112 cm³/mol. The molecule has 0 heterocycles. The number of halogens is 2. The summed E-state index contributed by atoms with van der Waals surface area (Å²) in [5, 5.41) is 0. The van der Waals surface area contributed by atoms with E-state index in [2.05, 4.69) is 86.8 Å². The molecule has 2 aromatic rings. The molecule has 4 rings (SSSR count). The van der Waals surface area contributed by atoms with Crippen molar-refractivity contribution in [3.63, 3.8) is 0 Å². The standard InChI is InChI=1S/C10H9.C9H7.C2H7Si.2ClH.Zr/c1-8-6-9-4-2-3-5-10(9)7-8;1-2-5-9-7-3-6-8(9)4-1;1-3-2;;;/h2-7H,1H3;1-7H;3H,1-2H3;2*1H;/q;;;;;+2/p-2. The van der Waals surface area contributed by atoms with Crippen LogP contribution in [0, 0.1) is 0 Å². The van der Waals surface area contributed by atoms with Gasteiger partial charge in [0.15, 0.2) is 0 Å². The number of hydrogen-bond donors (Lipinski definition) is 0. The third-order valence-corrected chi connectivity index (χ3v) is 58.4. The molecule has 0 saturated heterocycles. The van der Waals surface area contributed by atoms with Crippen LogP contribution in [0.1, 0.15) is 36.4 Å². The Morgan fingerprint density at radius 1 is 0.880 bits per heavy atom. The maximum atomic E-state index is 7.84. The zero-order valence-electron chi connectivity index (χ0n) is 14.8. The SMILES string of the molecule is CC1=Cc2ccccc2[CH]1[Zr]([Cl])([Cl])([CH]1C=Cc2ccccc21)[SiH](C)C. The van der Waals surface area contributed by atoms with Gasteiger partial charge in [-0.3, -0.25) is 0 Å². The summed E-state index contributed by atoms with van der Waals surface area (Å²) in [6.07, 6.45) is 6.85. The molecule has 129 valence electrons. The Morgan fingerprint density at radius 3 is 2.16 bits per heavy atom. The fraction of sp³-hybridized carbons (Fsp3) is 0.238. The summed E-state index contributed by atoms with van der Waals surface area (Å²) in [6, 6.07) is 17.3. The van der Waals surface area contributed by atoms with E-state index in [0.29, 0.717) is 0 Å². The van der Waals surface area contributed by atoms with Crippen LogP contribution in [0.2, 0.25) is 13.1 Å². The molecule has 2 atom stereocenters. The van der Waals surface area contributed by atoms with Crippen molar-refractivity contribution in [1.82, 2.24) is 0 Å². The zero-order chi connectivity index (χ0) is 17.8. The fourth-order valence-electron chi connectivity index (χ4n) is 4.81. The topological polar surface area (TPSA) is 0 Å². The van der Waals surface area contributed by atoms with E-state index >= 15 is 0 Å². The van der Waals surface area contributed by atoms with E-state index in [1.807, 2.05) is 0 Å². The average molecular weight is 466 g/mol. The van der Waals surface area contributed by atoms with Gasteiger partial charge in [0.25, 0.3) is 0 Å². The van der Waals surface area contributed by atoms with Crippen LogP contribution in [0.25, 0.3) is 12.2 Å². The molecule has 0 radical (unpaired) electrons. The van der Waals surface area contributed by atoms with Crippen molar-refractivity contribution in [2.24, 2.45) is 0 Å². The summed E-state index contributed by atoms with van der Waals surface area (Å²) in [6.45, 7) is 6.96.